The van der Waals surface area contributed by atoms with E-state index in [1.165, 1.54) is 13.2 Å². The zero-order chi connectivity index (χ0) is 20.0. The fourth-order valence-corrected chi connectivity index (χ4v) is 4.75. The molecule has 2 aliphatic carbocycles. The van der Waals surface area contributed by atoms with Crippen LogP contribution in [-0.4, -0.2) is 36.6 Å². The number of rotatable bonds is 3. The van der Waals surface area contributed by atoms with Gasteiger partial charge in [-0.2, -0.15) is 0 Å². The van der Waals surface area contributed by atoms with Crippen LogP contribution in [0.25, 0.3) is 0 Å². The number of hydrogen-bond donors (Lipinski definition) is 0. The molecule has 0 spiro atoms. The van der Waals surface area contributed by atoms with Crippen LogP contribution in [0.2, 0.25) is 0 Å². The van der Waals surface area contributed by atoms with Crippen molar-refractivity contribution in [2.45, 2.75) is 44.4 Å². The van der Waals surface area contributed by atoms with Gasteiger partial charge in [0.25, 0.3) is 0 Å². The second kappa shape index (κ2) is 6.93. The van der Waals surface area contributed by atoms with E-state index in [0.717, 1.165) is 37.1 Å². The van der Waals surface area contributed by atoms with E-state index in [9.17, 15) is 19.5 Å². The van der Waals surface area contributed by atoms with E-state index in [1.807, 2.05) is 11.9 Å². The minimum absolute atomic E-state index is 0.0360. The molecule has 1 aliphatic heterocycles. The first-order valence-electron chi connectivity index (χ1n) is 9.59. The summed E-state index contributed by atoms with van der Waals surface area (Å²) in [6.07, 6.45) is 4.04. The Morgan fingerprint density at radius 1 is 1.04 bits per heavy atom. The van der Waals surface area contributed by atoms with Crippen LogP contribution in [-0.2, 0) is 9.59 Å². The minimum atomic E-state index is -1.35. The van der Waals surface area contributed by atoms with E-state index in [4.69, 9.17) is 4.74 Å². The highest BCUT2D eigenvalue weighted by Crippen LogP contribution is 2.48. The van der Waals surface area contributed by atoms with Crippen molar-refractivity contribution < 1.29 is 24.2 Å². The number of carboxylic acid groups (broad SMARTS) is 1. The lowest BCUT2D eigenvalue weighted by molar-refractivity contribution is -0.255. The molecule has 0 saturated heterocycles. The smallest absolute Gasteiger partial charge is 0.161 e. The van der Waals surface area contributed by atoms with Crippen molar-refractivity contribution >= 4 is 17.5 Å². The number of hydrogen-bond acceptors (Lipinski definition) is 6. The van der Waals surface area contributed by atoms with E-state index in [2.05, 4.69) is 0 Å². The topological polar surface area (TPSA) is 86.7 Å². The maximum absolute atomic E-state index is 12.9. The van der Waals surface area contributed by atoms with Gasteiger partial charge in [-0.25, -0.2) is 0 Å². The van der Waals surface area contributed by atoms with Crippen LogP contribution in [0.3, 0.4) is 0 Å². The summed E-state index contributed by atoms with van der Waals surface area (Å²) in [5, 5.41) is 11.6. The third kappa shape index (κ3) is 2.75. The highest BCUT2D eigenvalue weighted by Gasteiger charge is 2.42. The molecular weight excluding hydrogens is 358 g/mol. The maximum atomic E-state index is 12.9. The number of allylic oxidation sites excluding steroid dienone is 4. The third-order valence-corrected chi connectivity index (χ3v) is 6.02. The van der Waals surface area contributed by atoms with Crippen molar-refractivity contribution in [2.24, 2.45) is 0 Å². The van der Waals surface area contributed by atoms with Crippen LogP contribution in [0, 0.1) is 0 Å². The lowest BCUT2D eigenvalue weighted by Crippen LogP contribution is -2.37. The van der Waals surface area contributed by atoms with Crippen LogP contribution in [0.5, 0.6) is 5.75 Å². The number of carbonyl (C=O) groups is 3. The van der Waals surface area contributed by atoms with Crippen LogP contribution in [0.4, 0.5) is 0 Å². The first-order valence-corrected chi connectivity index (χ1v) is 9.59. The van der Waals surface area contributed by atoms with E-state index in [-0.39, 0.29) is 22.9 Å². The Kier molecular flexibility index (Phi) is 4.57. The van der Waals surface area contributed by atoms with Gasteiger partial charge in [0.15, 0.2) is 11.6 Å². The minimum Gasteiger partial charge on any atom is -0.545 e. The largest absolute Gasteiger partial charge is 0.545 e. The Morgan fingerprint density at radius 3 is 2.11 bits per heavy atom. The molecule has 0 amide bonds. The Labute approximate surface area is 163 Å². The number of ether oxygens (including phenoxy) is 1. The average Bonchev–Trinajstić information content (AvgIpc) is 2.69. The molecule has 1 heterocycles. The summed E-state index contributed by atoms with van der Waals surface area (Å²) in [6, 6.07) is 4.81. The fourth-order valence-electron chi connectivity index (χ4n) is 4.75. The van der Waals surface area contributed by atoms with Gasteiger partial charge in [-0.1, -0.05) is 6.07 Å². The van der Waals surface area contributed by atoms with Gasteiger partial charge in [0.05, 0.1) is 13.1 Å². The van der Waals surface area contributed by atoms with Crippen LogP contribution in [0.1, 0.15) is 60.4 Å². The maximum Gasteiger partial charge on any atom is 0.161 e. The molecule has 1 aromatic rings. The number of carbonyl (C=O) groups excluding carboxylic acids is 3. The molecule has 6 heteroatoms. The molecule has 0 fully saturated rings. The zero-order valence-corrected chi connectivity index (χ0v) is 16.0. The summed E-state index contributed by atoms with van der Waals surface area (Å²) in [4.78, 5) is 39.4. The molecule has 0 atom stereocenters. The van der Waals surface area contributed by atoms with Crippen LogP contribution in [0.15, 0.2) is 40.7 Å². The zero-order valence-electron chi connectivity index (χ0n) is 16.0. The van der Waals surface area contributed by atoms with Gasteiger partial charge < -0.3 is 19.5 Å². The van der Waals surface area contributed by atoms with Gasteiger partial charge in [0.2, 0.25) is 0 Å². The fraction of sp³-hybridized carbons (Fsp3) is 0.409. The number of benzene rings is 1. The number of ketones is 2. The molecule has 0 unspecified atom stereocenters. The number of Topliss-reactive ketones (excluding diaryl/α,β-unsaturated/α-hetero) is 2. The highest BCUT2D eigenvalue weighted by molar-refractivity contribution is 6.06. The molecule has 3 aliphatic rings. The second-order valence-electron chi connectivity index (χ2n) is 7.51. The number of aromatic carboxylic acids is 1. The second-order valence-corrected chi connectivity index (χ2v) is 7.51. The molecule has 146 valence electrons. The van der Waals surface area contributed by atoms with Crippen molar-refractivity contribution in [1.29, 1.82) is 0 Å². The normalized spacial score (nSPS) is 20.3. The van der Waals surface area contributed by atoms with Gasteiger partial charge in [-0.3, -0.25) is 9.59 Å². The van der Waals surface area contributed by atoms with Crippen molar-refractivity contribution in [1.82, 2.24) is 4.90 Å². The lowest BCUT2D eigenvalue weighted by Gasteiger charge is -2.42. The average molecular weight is 380 g/mol. The Balaban J connectivity index is 1.96. The predicted molar refractivity (Wildman–Crippen MR) is 99.6 cm³/mol. The van der Waals surface area contributed by atoms with E-state index in [0.29, 0.717) is 29.6 Å². The van der Waals surface area contributed by atoms with Crippen molar-refractivity contribution in [3.05, 3.63) is 51.9 Å². The quantitative estimate of drug-likeness (QED) is 0.798. The summed E-state index contributed by atoms with van der Waals surface area (Å²) < 4.78 is 5.13. The van der Waals surface area contributed by atoms with E-state index < -0.39 is 11.9 Å². The third-order valence-electron chi connectivity index (χ3n) is 6.02. The van der Waals surface area contributed by atoms with Gasteiger partial charge in [-0.15, -0.1) is 0 Å². The highest BCUT2D eigenvalue weighted by atomic mass is 16.5. The van der Waals surface area contributed by atoms with Gasteiger partial charge in [0.1, 0.15) is 5.75 Å². The predicted octanol–water partition coefficient (Wildman–Crippen LogP) is 2.10. The SMILES string of the molecule is COc1ccc(C2C3=C(CCCC3=O)N(C)C3=C2C(=O)CCC3)cc1C(=O)[O-]. The van der Waals surface area contributed by atoms with E-state index >= 15 is 0 Å². The molecule has 4 rings (SSSR count). The van der Waals surface area contributed by atoms with Crippen LogP contribution < -0.4 is 9.84 Å². The molecule has 0 radical (unpaired) electrons. The molecular formula is C22H22NO5-. The molecule has 6 nitrogen and oxygen atoms in total. The monoisotopic (exact) mass is 380 g/mol. The number of nitrogens with zero attached hydrogens (tertiary/aromatic N) is 1. The van der Waals surface area contributed by atoms with Crippen molar-refractivity contribution in [2.75, 3.05) is 14.2 Å². The van der Waals surface area contributed by atoms with E-state index in [1.54, 1.807) is 12.1 Å². The van der Waals surface area contributed by atoms with Gasteiger partial charge in [0, 0.05) is 53.9 Å². The number of carboxylic acids is 1. The molecule has 0 bridgehead atoms. The van der Waals surface area contributed by atoms with Gasteiger partial charge >= 0.3 is 0 Å². The first-order chi connectivity index (χ1) is 13.4. The summed E-state index contributed by atoms with van der Waals surface area (Å²) in [6.45, 7) is 0. The van der Waals surface area contributed by atoms with Gasteiger partial charge in [-0.05, 0) is 43.4 Å². The Bertz CT molecular complexity index is 912. The van der Waals surface area contributed by atoms with Crippen molar-refractivity contribution in [3.63, 3.8) is 0 Å². The number of methoxy groups -OCH3 is 1. The first kappa shape index (κ1) is 18.5. The standard InChI is InChI=1S/C22H23NO5/c1-23-14-5-3-7-16(24)20(14)19(21-15(23)6-4-8-17(21)25)12-9-10-18(28-2)13(11-12)22(26)27/h9-11,19H,3-8H2,1-2H3,(H,26,27)/p-1. The Hall–Kier alpha value is -2.89. The summed E-state index contributed by atoms with van der Waals surface area (Å²) in [5.41, 5.74) is 3.74. The molecule has 0 saturated carbocycles. The molecule has 28 heavy (non-hydrogen) atoms. The molecule has 0 N–H and O–H groups in total. The summed E-state index contributed by atoms with van der Waals surface area (Å²) >= 11 is 0. The van der Waals surface area contributed by atoms with Crippen LogP contribution >= 0.6 is 0 Å². The molecule has 0 aromatic heterocycles. The Morgan fingerprint density at radius 2 is 1.61 bits per heavy atom. The summed E-state index contributed by atoms with van der Waals surface area (Å²) in [5.74, 6) is -1.60. The van der Waals surface area contributed by atoms with Crippen molar-refractivity contribution in [3.8, 4) is 5.75 Å². The summed E-state index contributed by atoms with van der Waals surface area (Å²) in [7, 11) is 3.33. The molecule has 1 aromatic carbocycles. The lowest BCUT2D eigenvalue weighted by atomic mass is 9.71.